The number of rotatable bonds is 5. The van der Waals surface area contributed by atoms with E-state index in [1.807, 2.05) is 0 Å². The van der Waals surface area contributed by atoms with Gasteiger partial charge in [0, 0.05) is 24.0 Å². The summed E-state index contributed by atoms with van der Waals surface area (Å²) in [5.74, 6) is -0.239. The number of hydrogen-bond acceptors (Lipinski definition) is 9. The topological polar surface area (TPSA) is 115 Å². The maximum Gasteiger partial charge on any atom is 0.421 e. The van der Waals surface area contributed by atoms with Crippen molar-refractivity contribution in [3.05, 3.63) is 23.0 Å². The van der Waals surface area contributed by atoms with Gasteiger partial charge in [0.05, 0.1) is 23.3 Å². The fourth-order valence-corrected chi connectivity index (χ4v) is 4.55. The summed E-state index contributed by atoms with van der Waals surface area (Å²) in [6.07, 6.45) is -4.26. The van der Waals surface area contributed by atoms with E-state index in [9.17, 15) is 18.7 Å². The molecular weight excluding hydrogens is 422 g/mol. The van der Waals surface area contributed by atoms with E-state index in [0.717, 1.165) is 6.42 Å². The van der Waals surface area contributed by atoms with Crippen molar-refractivity contribution in [3.63, 3.8) is 0 Å². The van der Waals surface area contributed by atoms with Crippen LogP contribution < -0.4 is 14.7 Å². The first kappa shape index (κ1) is 19.0. The Morgan fingerprint density at radius 2 is 2.17 bits per heavy atom. The van der Waals surface area contributed by atoms with E-state index in [4.69, 9.17) is 9.52 Å². The number of carboxylic acid groups (broad SMARTS) is 1. The summed E-state index contributed by atoms with van der Waals surface area (Å²) in [4.78, 5) is 22.9. The van der Waals surface area contributed by atoms with Gasteiger partial charge in [-0.1, -0.05) is 0 Å². The second-order valence-electron chi connectivity index (χ2n) is 7.18. The highest BCUT2D eigenvalue weighted by atomic mass is 32.1. The van der Waals surface area contributed by atoms with E-state index in [1.165, 1.54) is 22.3 Å². The van der Waals surface area contributed by atoms with E-state index in [-0.39, 0.29) is 34.9 Å². The molecule has 3 aliphatic heterocycles. The van der Waals surface area contributed by atoms with E-state index in [2.05, 4.69) is 14.7 Å². The number of carbonyl (C=O) groups excluding carboxylic acids is 1. The van der Waals surface area contributed by atoms with Crippen LogP contribution in [-0.2, 0) is 0 Å². The summed E-state index contributed by atoms with van der Waals surface area (Å²) in [6, 6.07) is 2.60. The third-order valence-corrected chi connectivity index (χ3v) is 5.91. The van der Waals surface area contributed by atoms with E-state index >= 15 is 0 Å². The Hall–Kier alpha value is -2.99. The number of hydrogen-bond donors (Lipinski definition) is 1. The van der Waals surface area contributed by atoms with Gasteiger partial charge in [-0.15, -0.1) is 11.3 Å². The fraction of sp³-hybridized carbons (Fsp3) is 0.389. The molecule has 3 saturated heterocycles. The van der Waals surface area contributed by atoms with Crippen LogP contribution in [0.15, 0.2) is 27.4 Å². The molecular formula is C18H15F2N4O5S-. The van der Waals surface area contributed by atoms with Crippen molar-refractivity contribution in [1.29, 1.82) is 0 Å². The van der Waals surface area contributed by atoms with Crippen molar-refractivity contribution < 1.29 is 32.9 Å². The van der Waals surface area contributed by atoms with Gasteiger partial charge in [-0.05, 0) is 18.6 Å². The Bertz CT molecular complexity index is 1090. The average Bonchev–Trinajstić information content (AvgIpc) is 3.38. The number of oxazole rings is 1. The van der Waals surface area contributed by atoms with Crippen LogP contribution in [0.3, 0.4) is 0 Å². The van der Waals surface area contributed by atoms with Gasteiger partial charge in [0.15, 0.2) is 16.8 Å². The SMILES string of the molecule is O=C([O-])N1C2CC1CN(c1nc3c(OC(F)(F)CO)ccc(-c4cscn4)c3o1)C2. The number of aliphatic hydroxyl groups excluding tert-OH is 1. The minimum atomic E-state index is -3.78. The molecule has 1 aromatic carbocycles. The molecule has 0 radical (unpaired) electrons. The minimum absolute atomic E-state index is 0.0691. The maximum absolute atomic E-state index is 13.7. The van der Waals surface area contributed by atoms with Gasteiger partial charge in [0.25, 0.3) is 6.01 Å². The lowest BCUT2D eigenvalue weighted by Crippen LogP contribution is -2.72. The van der Waals surface area contributed by atoms with Gasteiger partial charge in [0.2, 0.25) is 0 Å². The molecule has 5 heterocycles. The number of thiazole rings is 1. The zero-order valence-corrected chi connectivity index (χ0v) is 16.1. The Kier molecular flexibility index (Phi) is 4.29. The molecule has 2 bridgehead atoms. The van der Waals surface area contributed by atoms with Crippen LogP contribution in [0.1, 0.15) is 6.42 Å². The number of ether oxygens (including phenoxy) is 1. The number of piperazine rings is 1. The van der Waals surface area contributed by atoms with Gasteiger partial charge >= 0.3 is 6.11 Å². The van der Waals surface area contributed by atoms with Crippen LogP contribution >= 0.6 is 11.3 Å². The molecule has 2 aromatic heterocycles. The summed E-state index contributed by atoms with van der Waals surface area (Å²) in [5.41, 5.74) is 3.08. The number of anilines is 1. The Morgan fingerprint density at radius 3 is 2.80 bits per heavy atom. The third-order valence-electron chi connectivity index (χ3n) is 5.32. The van der Waals surface area contributed by atoms with Gasteiger partial charge < -0.3 is 34.0 Å². The van der Waals surface area contributed by atoms with Crippen LogP contribution in [0, 0.1) is 0 Å². The van der Waals surface area contributed by atoms with Crippen LogP contribution in [0.5, 0.6) is 5.75 Å². The second kappa shape index (κ2) is 6.77. The van der Waals surface area contributed by atoms with Gasteiger partial charge in [-0.25, -0.2) is 4.98 Å². The monoisotopic (exact) mass is 437 g/mol. The molecule has 0 saturated carbocycles. The van der Waals surface area contributed by atoms with E-state index < -0.39 is 18.8 Å². The van der Waals surface area contributed by atoms with Crippen molar-refractivity contribution in [2.45, 2.75) is 24.6 Å². The number of amides is 1. The van der Waals surface area contributed by atoms with Gasteiger partial charge in [-0.3, -0.25) is 0 Å². The third kappa shape index (κ3) is 3.03. The maximum atomic E-state index is 13.7. The number of benzene rings is 1. The number of aromatic nitrogens is 2. The molecule has 9 nitrogen and oxygen atoms in total. The molecule has 2 unspecified atom stereocenters. The zero-order valence-electron chi connectivity index (χ0n) is 15.3. The molecule has 3 fully saturated rings. The number of fused-ring (bicyclic) bond motifs is 3. The Balaban J connectivity index is 1.54. The molecule has 0 aliphatic carbocycles. The number of halogens is 2. The van der Waals surface area contributed by atoms with Crippen LogP contribution in [0.4, 0.5) is 19.6 Å². The first-order chi connectivity index (χ1) is 14.4. The number of aliphatic hydroxyl groups is 1. The standard InChI is InChI=1S/C18H16F2N4O5S/c19-18(20,7-25)29-13-2-1-11(12-6-30-8-21-12)15-14(13)22-16(28-15)23-4-9-3-10(5-23)24(9)17(26)27/h1-2,6,8-10,25H,3-5,7H2,(H,26,27)/p-1. The van der Waals surface area contributed by atoms with Crippen LogP contribution in [0.2, 0.25) is 0 Å². The average molecular weight is 437 g/mol. The summed E-state index contributed by atoms with van der Waals surface area (Å²) in [5, 5.41) is 21.8. The molecule has 3 aromatic rings. The molecule has 3 aliphatic rings. The Morgan fingerprint density at radius 1 is 1.40 bits per heavy atom. The summed E-state index contributed by atoms with van der Waals surface area (Å²) < 4.78 is 37.9. The minimum Gasteiger partial charge on any atom is -0.530 e. The lowest BCUT2D eigenvalue weighted by molar-refractivity contribution is -0.278. The van der Waals surface area contributed by atoms with Crippen LogP contribution in [0.25, 0.3) is 22.4 Å². The number of nitrogens with zero attached hydrogens (tertiary/aromatic N) is 4. The molecule has 0 spiro atoms. The summed E-state index contributed by atoms with van der Waals surface area (Å²) in [6.45, 7) is -0.778. The smallest absolute Gasteiger partial charge is 0.421 e. The fourth-order valence-electron chi connectivity index (χ4n) is 3.99. The predicted molar refractivity (Wildman–Crippen MR) is 99.4 cm³/mol. The molecule has 6 rings (SSSR count). The predicted octanol–water partition coefficient (Wildman–Crippen LogP) is 1.52. The first-order valence-electron chi connectivity index (χ1n) is 9.10. The summed E-state index contributed by atoms with van der Waals surface area (Å²) >= 11 is 1.37. The number of alkyl halides is 2. The molecule has 12 heteroatoms. The lowest BCUT2D eigenvalue weighted by atomic mass is 9.88. The highest BCUT2D eigenvalue weighted by molar-refractivity contribution is 7.07. The van der Waals surface area contributed by atoms with E-state index in [0.29, 0.717) is 24.3 Å². The molecule has 30 heavy (non-hydrogen) atoms. The van der Waals surface area contributed by atoms with Gasteiger partial charge in [-0.2, -0.15) is 13.8 Å². The number of piperidine rings is 1. The van der Waals surface area contributed by atoms with Gasteiger partial charge in [0.1, 0.15) is 12.7 Å². The molecule has 2 atom stereocenters. The van der Waals surface area contributed by atoms with Crippen molar-refractivity contribution in [1.82, 2.24) is 14.9 Å². The molecule has 1 N–H and O–H groups in total. The quantitative estimate of drug-likeness (QED) is 0.639. The zero-order chi connectivity index (χ0) is 21.0. The summed E-state index contributed by atoms with van der Waals surface area (Å²) in [7, 11) is 0. The van der Waals surface area contributed by atoms with Crippen molar-refractivity contribution in [3.8, 4) is 17.0 Å². The van der Waals surface area contributed by atoms with Crippen LogP contribution in [-0.4, -0.2) is 64.0 Å². The molecule has 158 valence electrons. The second-order valence-corrected chi connectivity index (χ2v) is 7.90. The molecule has 1 amide bonds. The lowest BCUT2D eigenvalue weighted by Gasteiger charge is -2.57. The normalized spacial score (nSPS) is 21.0. The largest absolute Gasteiger partial charge is 0.530 e. The highest BCUT2D eigenvalue weighted by Crippen LogP contribution is 2.40. The van der Waals surface area contributed by atoms with Crippen molar-refractivity contribution >= 4 is 34.5 Å². The first-order valence-corrected chi connectivity index (χ1v) is 10.0. The number of carbonyl (C=O) groups is 1. The highest BCUT2D eigenvalue weighted by Gasteiger charge is 2.46. The van der Waals surface area contributed by atoms with Crippen molar-refractivity contribution in [2.24, 2.45) is 0 Å². The Labute approximate surface area is 172 Å². The van der Waals surface area contributed by atoms with Crippen molar-refractivity contribution in [2.75, 3.05) is 24.6 Å². The van der Waals surface area contributed by atoms with E-state index in [1.54, 1.807) is 21.9 Å².